The van der Waals surface area contributed by atoms with Gasteiger partial charge in [-0.15, -0.1) is 0 Å². The SMILES string of the molecule is Cc1ccccc1CC1(F)CCSC1. The smallest absolute Gasteiger partial charge is 0.124 e. The summed E-state index contributed by atoms with van der Waals surface area (Å²) in [5, 5.41) is 0. The normalized spacial score (nSPS) is 26.7. The molecule has 0 bridgehead atoms. The number of benzene rings is 1. The van der Waals surface area contributed by atoms with Crippen LogP contribution in [0.3, 0.4) is 0 Å². The second-order valence-electron chi connectivity index (χ2n) is 4.06. The van der Waals surface area contributed by atoms with Crippen LogP contribution in [0.4, 0.5) is 4.39 Å². The average Bonchev–Trinajstić information content (AvgIpc) is 2.57. The topological polar surface area (TPSA) is 0 Å². The van der Waals surface area contributed by atoms with E-state index in [0.717, 1.165) is 11.3 Å². The molecule has 0 saturated carbocycles. The van der Waals surface area contributed by atoms with Crippen LogP contribution in [0.15, 0.2) is 24.3 Å². The van der Waals surface area contributed by atoms with E-state index in [9.17, 15) is 4.39 Å². The molecule has 0 spiro atoms. The summed E-state index contributed by atoms with van der Waals surface area (Å²) in [6.45, 7) is 2.06. The van der Waals surface area contributed by atoms with Gasteiger partial charge < -0.3 is 0 Å². The van der Waals surface area contributed by atoms with Gasteiger partial charge in [0.05, 0.1) is 0 Å². The first-order valence-corrected chi connectivity index (χ1v) is 6.16. The molecule has 2 heteroatoms. The molecule has 1 aliphatic rings. The first kappa shape index (κ1) is 10.0. The van der Waals surface area contributed by atoms with Crippen LogP contribution >= 0.6 is 11.8 Å². The summed E-state index contributed by atoms with van der Waals surface area (Å²) in [5.41, 5.74) is 1.43. The molecule has 1 aromatic carbocycles. The predicted molar refractivity (Wildman–Crippen MR) is 60.7 cm³/mol. The lowest BCUT2D eigenvalue weighted by Gasteiger charge is -2.19. The lowest BCUT2D eigenvalue weighted by Crippen LogP contribution is -2.25. The third-order valence-electron chi connectivity index (χ3n) is 2.82. The van der Waals surface area contributed by atoms with E-state index in [2.05, 4.69) is 13.0 Å². The maximum absolute atomic E-state index is 14.2. The Morgan fingerprint density at radius 2 is 2.21 bits per heavy atom. The number of halogens is 1. The Hall–Kier alpha value is -0.500. The maximum Gasteiger partial charge on any atom is 0.124 e. The molecule has 1 unspecified atom stereocenters. The van der Waals surface area contributed by atoms with E-state index in [4.69, 9.17) is 0 Å². The molecule has 1 heterocycles. The standard InChI is InChI=1S/C12H15FS/c1-10-4-2-3-5-11(10)8-12(13)6-7-14-9-12/h2-5H,6-9H2,1H3. The predicted octanol–water partition coefficient (Wildman–Crippen LogP) is 3.38. The van der Waals surface area contributed by atoms with Gasteiger partial charge in [0.25, 0.3) is 0 Å². The van der Waals surface area contributed by atoms with E-state index in [1.54, 1.807) is 11.8 Å². The van der Waals surface area contributed by atoms with Crippen molar-refractivity contribution < 1.29 is 4.39 Å². The third kappa shape index (κ3) is 2.11. The second kappa shape index (κ2) is 3.93. The van der Waals surface area contributed by atoms with Crippen molar-refractivity contribution in [1.29, 1.82) is 0 Å². The van der Waals surface area contributed by atoms with Gasteiger partial charge in [0, 0.05) is 12.2 Å². The summed E-state index contributed by atoms with van der Waals surface area (Å²) >= 11 is 1.73. The van der Waals surface area contributed by atoms with E-state index in [1.807, 2.05) is 18.2 Å². The molecule has 0 nitrogen and oxygen atoms in total. The van der Waals surface area contributed by atoms with Crippen molar-refractivity contribution in [2.75, 3.05) is 11.5 Å². The van der Waals surface area contributed by atoms with Crippen LogP contribution in [-0.2, 0) is 6.42 Å². The van der Waals surface area contributed by atoms with Crippen molar-refractivity contribution >= 4 is 11.8 Å². The van der Waals surface area contributed by atoms with Crippen LogP contribution in [0.25, 0.3) is 0 Å². The highest BCUT2D eigenvalue weighted by molar-refractivity contribution is 7.99. The van der Waals surface area contributed by atoms with Gasteiger partial charge >= 0.3 is 0 Å². The minimum atomic E-state index is -0.948. The molecule has 0 aliphatic carbocycles. The van der Waals surface area contributed by atoms with Crippen LogP contribution in [0.2, 0.25) is 0 Å². The summed E-state index contributed by atoms with van der Waals surface area (Å²) in [6, 6.07) is 8.10. The number of alkyl halides is 1. The van der Waals surface area contributed by atoms with E-state index in [-0.39, 0.29) is 0 Å². The summed E-state index contributed by atoms with van der Waals surface area (Å²) in [4.78, 5) is 0. The van der Waals surface area contributed by atoms with Gasteiger partial charge in [-0.1, -0.05) is 24.3 Å². The van der Waals surface area contributed by atoms with E-state index >= 15 is 0 Å². The summed E-state index contributed by atoms with van der Waals surface area (Å²) in [5.74, 6) is 1.64. The van der Waals surface area contributed by atoms with Crippen LogP contribution in [0.1, 0.15) is 17.5 Å². The Labute approximate surface area is 88.9 Å². The average molecular weight is 210 g/mol. The van der Waals surface area contributed by atoms with E-state index in [0.29, 0.717) is 18.6 Å². The molecule has 0 radical (unpaired) electrons. The van der Waals surface area contributed by atoms with Crippen molar-refractivity contribution in [1.82, 2.24) is 0 Å². The fourth-order valence-corrected chi connectivity index (χ4v) is 3.14. The van der Waals surface area contributed by atoms with Crippen LogP contribution < -0.4 is 0 Å². The molecular weight excluding hydrogens is 195 g/mol. The zero-order valence-corrected chi connectivity index (χ0v) is 9.24. The Bertz CT molecular complexity index is 316. The van der Waals surface area contributed by atoms with Gasteiger partial charge in [-0.25, -0.2) is 4.39 Å². The van der Waals surface area contributed by atoms with Crippen molar-refractivity contribution in [3.63, 3.8) is 0 Å². The molecule has 1 atom stereocenters. The van der Waals surface area contributed by atoms with Gasteiger partial charge in [-0.3, -0.25) is 0 Å². The van der Waals surface area contributed by atoms with Crippen molar-refractivity contribution in [3.05, 3.63) is 35.4 Å². The lowest BCUT2D eigenvalue weighted by atomic mass is 9.93. The Morgan fingerprint density at radius 3 is 2.86 bits per heavy atom. The molecular formula is C12H15FS. The van der Waals surface area contributed by atoms with Crippen LogP contribution in [-0.4, -0.2) is 17.2 Å². The number of hydrogen-bond donors (Lipinski definition) is 0. The molecule has 1 aromatic rings. The van der Waals surface area contributed by atoms with Crippen LogP contribution in [0, 0.1) is 6.92 Å². The van der Waals surface area contributed by atoms with Gasteiger partial charge in [0.1, 0.15) is 5.67 Å². The Morgan fingerprint density at radius 1 is 1.43 bits per heavy atom. The summed E-state index contributed by atoms with van der Waals surface area (Å²) in [6.07, 6.45) is 1.30. The second-order valence-corrected chi connectivity index (χ2v) is 5.16. The highest BCUT2D eigenvalue weighted by Crippen LogP contribution is 2.34. The van der Waals surface area contributed by atoms with Crippen LogP contribution in [0.5, 0.6) is 0 Å². The Balaban J connectivity index is 2.14. The largest absolute Gasteiger partial charge is 0.243 e. The molecule has 0 aromatic heterocycles. The van der Waals surface area contributed by atoms with Gasteiger partial charge in [0.2, 0.25) is 0 Å². The van der Waals surface area contributed by atoms with Crippen molar-refractivity contribution in [2.45, 2.75) is 25.4 Å². The summed E-state index contributed by atoms with van der Waals surface area (Å²) in [7, 11) is 0. The third-order valence-corrected chi connectivity index (χ3v) is 4.04. The van der Waals surface area contributed by atoms with E-state index in [1.165, 1.54) is 5.56 Å². The number of rotatable bonds is 2. The minimum Gasteiger partial charge on any atom is -0.243 e. The monoisotopic (exact) mass is 210 g/mol. The molecule has 1 saturated heterocycles. The van der Waals surface area contributed by atoms with Gasteiger partial charge in [-0.05, 0) is 30.2 Å². The highest BCUT2D eigenvalue weighted by Gasteiger charge is 2.34. The van der Waals surface area contributed by atoms with Gasteiger partial charge in [-0.2, -0.15) is 11.8 Å². The fraction of sp³-hybridized carbons (Fsp3) is 0.500. The molecule has 0 amide bonds. The minimum absolute atomic E-state index is 0.590. The quantitative estimate of drug-likeness (QED) is 0.721. The first-order valence-electron chi connectivity index (χ1n) is 5.01. The zero-order valence-electron chi connectivity index (χ0n) is 8.42. The van der Waals surface area contributed by atoms with Gasteiger partial charge in [0.15, 0.2) is 0 Å². The highest BCUT2D eigenvalue weighted by atomic mass is 32.2. The maximum atomic E-state index is 14.2. The first-order chi connectivity index (χ1) is 6.70. The van der Waals surface area contributed by atoms with Crippen molar-refractivity contribution in [2.24, 2.45) is 0 Å². The van der Waals surface area contributed by atoms with Crippen molar-refractivity contribution in [3.8, 4) is 0 Å². The number of aryl methyl sites for hydroxylation is 1. The molecule has 2 rings (SSSR count). The number of hydrogen-bond acceptors (Lipinski definition) is 1. The molecule has 1 aliphatic heterocycles. The van der Waals surface area contributed by atoms with E-state index < -0.39 is 5.67 Å². The molecule has 0 N–H and O–H groups in total. The number of thioether (sulfide) groups is 1. The lowest BCUT2D eigenvalue weighted by molar-refractivity contribution is 0.199. The molecule has 14 heavy (non-hydrogen) atoms. The fourth-order valence-electron chi connectivity index (χ4n) is 1.87. The zero-order chi connectivity index (χ0) is 10.0. The Kier molecular flexibility index (Phi) is 2.82. The molecule has 76 valence electrons. The molecule has 1 fully saturated rings. The summed E-state index contributed by atoms with van der Waals surface area (Å²) < 4.78 is 14.2.